The van der Waals surface area contributed by atoms with Crippen LogP contribution in [0.1, 0.15) is 0 Å². The lowest BCUT2D eigenvalue weighted by Crippen LogP contribution is -2.19. The van der Waals surface area contributed by atoms with E-state index in [1.165, 1.54) is 14.2 Å². The van der Waals surface area contributed by atoms with E-state index in [4.69, 9.17) is 4.74 Å². The molecule has 10 heavy (non-hydrogen) atoms. The number of carbonyl (C=O) groups is 1. The fraction of sp³-hybridized carbons (Fsp3) is 0.800. The quantitative estimate of drug-likeness (QED) is 0.296. The molecule has 0 fully saturated rings. The molecule has 0 heterocycles. The topological polar surface area (TPSA) is 44.8 Å². The van der Waals surface area contributed by atoms with E-state index in [-0.39, 0.29) is 6.79 Å². The molecule has 5 heteroatoms. The molecule has 0 N–H and O–H groups in total. The molecule has 0 aromatic rings. The van der Waals surface area contributed by atoms with Crippen molar-refractivity contribution in [3.05, 3.63) is 0 Å². The van der Waals surface area contributed by atoms with Gasteiger partial charge in [0.2, 0.25) is 5.01 Å². The van der Waals surface area contributed by atoms with Crippen LogP contribution in [0.25, 0.3) is 0 Å². The third kappa shape index (κ3) is 3.81. The third-order valence-corrected chi connectivity index (χ3v) is 1.36. The monoisotopic (exact) mass is 213 g/mol. The van der Waals surface area contributed by atoms with Crippen LogP contribution in [-0.4, -0.2) is 32.0 Å². The second-order valence-electron chi connectivity index (χ2n) is 1.41. The van der Waals surface area contributed by atoms with Gasteiger partial charge in [0.05, 0.1) is 7.11 Å². The average molecular weight is 214 g/mol. The molecule has 0 radical (unpaired) electrons. The number of methoxy groups -OCH3 is 2. The Labute approximate surface area is 67.6 Å². The van der Waals surface area contributed by atoms with Crippen LogP contribution in [0.15, 0.2) is 0 Å². The summed E-state index contributed by atoms with van der Waals surface area (Å²) in [5, 5.41) is -0.738. The van der Waals surface area contributed by atoms with E-state index in [9.17, 15) is 4.79 Å². The second-order valence-corrected chi connectivity index (χ2v) is 2.24. The zero-order valence-corrected chi connectivity index (χ0v) is 7.38. The summed E-state index contributed by atoms with van der Waals surface area (Å²) in [4.78, 5) is 10.6. The van der Waals surface area contributed by atoms with Crippen molar-refractivity contribution in [2.45, 2.75) is 5.01 Å². The van der Waals surface area contributed by atoms with Crippen LogP contribution >= 0.6 is 15.9 Å². The van der Waals surface area contributed by atoms with Crippen LogP contribution in [0.2, 0.25) is 0 Å². The molecule has 60 valence electrons. The number of rotatable bonds is 4. The molecule has 4 nitrogen and oxygen atoms in total. The van der Waals surface area contributed by atoms with Gasteiger partial charge in [-0.2, -0.15) is 0 Å². The van der Waals surface area contributed by atoms with Gasteiger partial charge < -0.3 is 14.2 Å². The summed E-state index contributed by atoms with van der Waals surface area (Å²) in [6, 6.07) is 0. The van der Waals surface area contributed by atoms with Gasteiger partial charge in [0.25, 0.3) is 0 Å². The summed E-state index contributed by atoms with van der Waals surface area (Å²) in [5.74, 6) is -0.475. The molecule has 0 aromatic heterocycles. The van der Waals surface area contributed by atoms with E-state index in [0.717, 1.165) is 0 Å². The maximum Gasteiger partial charge on any atom is 0.346 e. The van der Waals surface area contributed by atoms with Gasteiger partial charge in [-0.3, -0.25) is 0 Å². The Kier molecular flexibility index (Phi) is 5.57. The lowest BCUT2D eigenvalue weighted by atomic mass is 11.1. The van der Waals surface area contributed by atoms with Gasteiger partial charge in [0, 0.05) is 7.11 Å². The van der Waals surface area contributed by atoms with Crippen molar-refractivity contribution in [3.63, 3.8) is 0 Å². The van der Waals surface area contributed by atoms with E-state index < -0.39 is 11.0 Å². The van der Waals surface area contributed by atoms with Crippen LogP contribution in [0, 0.1) is 0 Å². The summed E-state index contributed by atoms with van der Waals surface area (Å²) >= 11 is 2.93. The fourth-order valence-electron chi connectivity index (χ4n) is 0.288. The molecule has 0 aliphatic heterocycles. The number of alkyl halides is 1. The molecule has 0 aliphatic carbocycles. The fourth-order valence-corrected chi connectivity index (χ4v) is 0.583. The number of halogens is 1. The first-order valence-corrected chi connectivity index (χ1v) is 3.46. The molecule has 0 aliphatic rings. The normalized spacial score (nSPS) is 12.7. The minimum atomic E-state index is -0.738. The average Bonchev–Trinajstić information content (AvgIpc) is 1.98. The van der Waals surface area contributed by atoms with E-state index in [0.29, 0.717) is 0 Å². The van der Waals surface area contributed by atoms with Crippen LogP contribution in [-0.2, 0) is 19.0 Å². The Morgan fingerprint density at radius 2 is 2.20 bits per heavy atom. The summed E-state index contributed by atoms with van der Waals surface area (Å²) in [7, 11) is 2.75. The highest BCUT2D eigenvalue weighted by Crippen LogP contribution is 2.02. The second kappa shape index (κ2) is 5.64. The Morgan fingerprint density at radius 1 is 1.60 bits per heavy atom. The molecule has 0 aromatic carbocycles. The Hall–Kier alpha value is -0.130. The molecule has 0 saturated heterocycles. The Bertz CT molecular complexity index is 106. The largest absolute Gasteiger partial charge is 0.466 e. The van der Waals surface area contributed by atoms with Gasteiger partial charge in [0.1, 0.15) is 6.79 Å². The van der Waals surface area contributed by atoms with Gasteiger partial charge in [-0.05, 0) is 15.9 Å². The summed E-state index contributed by atoms with van der Waals surface area (Å²) in [6.45, 7) is 0.0605. The zero-order valence-electron chi connectivity index (χ0n) is 5.80. The number of hydrogen-bond donors (Lipinski definition) is 0. The Balaban J connectivity index is 3.41. The van der Waals surface area contributed by atoms with E-state index >= 15 is 0 Å². The molecule has 1 atom stereocenters. The van der Waals surface area contributed by atoms with Crippen molar-refractivity contribution in [2.24, 2.45) is 0 Å². The number of hydrogen-bond acceptors (Lipinski definition) is 4. The minimum absolute atomic E-state index is 0.0605. The lowest BCUT2D eigenvalue weighted by Gasteiger charge is -2.06. The smallest absolute Gasteiger partial charge is 0.346 e. The van der Waals surface area contributed by atoms with Crippen LogP contribution in [0.4, 0.5) is 0 Å². The van der Waals surface area contributed by atoms with Crippen molar-refractivity contribution in [2.75, 3.05) is 21.0 Å². The maximum atomic E-state index is 10.6. The Morgan fingerprint density at radius 3 is 2.60 bits per heavy atom. The summed E-state index contributed by atoms with van der Waals surface area (Å²) in [5.41, 5.74) is 0. The third-order valence-electron chi connectivity index (χ3n) is 0.719. The van der Waals surface area contributed by atoms with Crippen molar-refractivity contribution in [1.29, 1.82) is 0 Å². The predicted molar refractivity (Wildman–Crippen MR) is 37.7 cm³/mol. The van der Waals surface area contributed by atoms with Crippen LogP contribution < -0.4 is 0 Å². The lowest BCUT2D eigenvalue weighted by molar-refractivity contribution is -0.153. The molecule has 1 unspecified atom stereocenters. The highest BCUT2D eigenvalue weighted by Gasteiger charge is 2.14. The van der Waals surface area contributed by atoms with Crippen molar-refractivity contribution in [1.82, 2.24) is 0 Å². The first-order chi connectivity index (χ1) is 4.72. The standard InChI is InChI=1S/C5H9BrO4/c1-8-3-10-4(6)5(7)9-2/h4H,3H2,1-2H3/i4+1. The molecule has 0 rings (SSSR count). The van der Waals surface area contributed by atoms with E-state index in [1.54, 1.807) is 0 Å². The van der Waals surface area contributed by atoms with Crippen molar-refractivity contribution < 1.29 is 19.0 Å². The van der Waals surface area contributed by atoms with Crippen LogP contribution in [0.3, 0.4) is 0 Å². The van der Waals surface area contributed by atoms with E-state index in [2.05, 4.69) is 25.4 Å². The van der Waals surface area contributed by atoms with Gasteiger partial charge in [0.15, 0.2) is 0 Å². The van der Waals surface area contributed by atoms with Gasteiger partial charge in [-0.1, -0.05) is 0 Å². The van der Waals surface area contributed by atoms with Gasteiger partial charge in [-0.15, -0.1) is 0 Å². The van der Waals surface area contributed by atoms with Gasteiger partial charge in [-0.25, -0.2) is 4.79 Å². The van der Waals surface area contributed by atoms with Crippen molar-refractivity contribution >= 4 is 21.9 Å². The summed E-state index contributed by atoms with van der Waals surface area (Å²) in [6.07, 6.45) is 0. The van der Waals surface area contributed by atoms with Gasteiger partial charge >= 0.3 is 5.97 Å². The maximum absolute atomic E-state index is 10.6. The molecule has 0 spiro atoms. The first-order valence-electron chi connectivity index (χ1n) is 2.54. The molecular weight excluding hydrogens is 205 g/mol. The predicted octanol–water partition coefficient (Wildman–Crippen LogP) is 0.501. The molecule has 0 saturated carbocycles. The van der Waals surface area contributed by atoms with E-state index in [1.807, 2.05) is 0 Å². The highest BCUT2D eigenvalue weighted by atomic mass is 79.9. The number of ether oxygens (including phenoxy) is 3. The number of carbonyl (C=O) groups excluding carboxylic acids is 1. The first kappa shape index (κ1) is 9.87. The highest BCUT2D eigenvalue weighted by molar-refractivity contribution is 9.09. The SMILES string of the molecule is COCO[13CH](Br)C(=O)OC. The molecule has 0 amide bonds. The van der Waals surface area contributed by atoms with Crippen LogP contribution in [0.5, 0.6) is 0 Å². The molecular formula is C5H9BrO4. The number of esters is 1. The minimum Gasteiger partial charge on any atom is -0.466 e. The van der Waals surface area contributed by atoms with Crippen molar-refractivity contribution in [3.8, 4) is 0 Å². The summed E-state index contributed by atoms with van der Waals surface area (Å²) < 4.78 is 13.7. The zero-order chi connectivity index (χ0) is 7.98. The molecule has 0 bridgehead atoms.